The van der Waals surface area contributed by atoms with Crippen LogP contribution < -0.4 is 29.6 Å². The standard InChI is InChI=1S/C18H36NO4PS.Na.H/c1-3-4-7-10-16(20)12-13-19-17(21)15-25-18(19)11-8-5-6-9-14-24(2,22)23;;/h16,18,20H,3-15H2,1-2H3,(H,22,23);;/q;+1;-1. The SMILES string of the molecule is CCCCCC(O)CCN1C(=O)CSC1CCCCCCP(C)(=O)O.[H-].[Na+]. The molecule has 1 saturated heterocycles. The van der Waals surface area contributed by atoms with Crippen LogP contribution in [0.15, 0.2) is 0 Å². The molecule has 0 radical (unpaired) electrons. The first-order valence-electron chi connectivity index (χ1n) is 9.72. The van der Waals surface area contributed by atoms with E-state index in [0.29, 0.717) is 24.9 Å². The Balaban J connectivity index is 0. The molecule has 1 heterocycles. The number of rotatable bonds is 14. The molecule has 1 amide bonds. The third-order valence-corrected chi connectivity index (χ3v) is 7.12. The Labute approximate surface area is 187 Å². The summed E-state index contributed by atoms with van der Waals surface area (Å²) in [6, 6.07) is 0. The van der Waals surface area contributed by atoms with E-state index in [9.17, 15) is 19.4 Å². The van der Waals surface area contributed by atoms with Gasteiger partial charge in [-0.05, 0) is 25.7 Å². The van der Waals surface area contributed by atoms with Gasteiger partial charge in [-0.25, -0.2) is 0 Å². The summed E-state index contributed by atoms with van der Waals surface area (Å²) in [5.41, 5.74) is 0. The predicted octanol–water partition coefficient (Wildman–Crippen LogP) is 1.19. The van der Waals surface area contributed by atoms with Crippen molar-refractivity contribution in [1.29, 1.82) is 0 Å². The van der Waals surface area contributed by atoms with E-state index in [4.69, 9.17) is 0 Å². The van der Waals surface area contributed by atoms with E-state index in [2.05, 4.69) is 6.92 Å². The summed E-state index contributed by atoms with van der Waals surface area (Å²) in [5.74, 6) is 0.753. The average Bonchev–Trinajstić information content (AvgIpc) is 2.88. The molecule has 1 rings (SSSR count). The summed E-state index contributed by atoms with van der Waals surface area (Å²) in [4.78, 5) is 23.3. The van der Waals surface area contributed by atoms with E-state index < -0.39 is 7.37 Å². The summed E-state index contributed by atoms with van der Waals surface area (Å²) in [7, 11) is -2.86. The normalized spacial score (nSPS) is 20.7. The molecule has 0 aromatic heterocycles. The van der Waals surface area contributed by atoms with Crippen LogP contribution in [0.1, 0.15) is 72.6 Å². The Hall–Kier alpha value is 0.970. The first-order valence-corrected chi connectivity index (χ1v) is 13.1. The molecule has 3 unspecified atom stereocenters. The molecule has 1 aliphatic heterocycles. The molecule has 2 N–H and O–H groups in total. The van der Waals surface area contributed by atoms with Gasteiger partial charge in [0.2, 0.25) is 5.91 Å². The van der Waals surface area contributed by atoms with E-state index in [1.807, 2.05) is 4.90 Å². The van der Waals surface area contributed by atoms with Crippen LogP contribution in [0.3, 0.4) is 0 Å². The topological polar surface area (TPSA) is 77.8 Å². The van der Waals surface area contributed by atoms with Crippen molar-refractivity contribution < 1.29 is 50.3 Å². The molecule has 1 fully saturated rings. The minimum atomic E-state index is -2.86. The Bertz CT molecular complexity index is 442. The maximum atomic E-state index is 12.1. The summed E-state index contributed by atoms with van der Waals surface area (Å²) in [6.45, 7) is 4.23. The van der Waals surface area contributed by atoms with Crippen molar-refractivity contribution in [1.82, 2.24) is 4.90 Å². The molecule has 3 atom stereocenters. The maximum Gasteiger partial charge on any atom is 1.00 e. The summed E-state index contributed by atoms with van der Waals surface area (Å²) in [6.07, 6.45) is 9.82. The fraction of sp³-hybridized carbons (Fsp3) is 0.944. The summed E-state index contributed by atoms with van der Waals surface area (Å²) >= 11 is 1.71. The van der Waals surface area contributed by atoms with Gasteiger partial charge in [0.1, 0.15) is 0 Å². The minimum Gasteiger partial charge on any atom is -1.00 e. The zero-order valence-corrected chi connectivity index (χ0v) is 20.6. The Morgan fingerprint density at radius 3 is 2.58 bits per heavy atom. The molecule has 0 saturated carbocycles. The van der Waals surface area contributed by atoms with Crippen molar-refractivity contribution in [3.63, 3.8) is 0 Å². The smallest absolute Gasteiger partial charge is 1.00 e. The Morgan fingerprint density at radius 1 is 1.23 bits per heavy atom. The van der Waals surface area contributed by atoms with Crippen LogP contribution >= 0.6 is 19.1 Å². The fourth-order valence-electron chi connectivity index (χ4n) is 3.15. The van der Waals surface area contributed by atoms with Crippen LogP contribution in [0.2, 0.25) is 0 Å². The second-order valence-corrected chi connectivity index (χ2v) is 11.0. The second kappa shape index (κ2) is 14.9. The zero-order valence-electron chi connectivity index (χ0n) is 17.9. The molecule has 0 aliphatic carbocycles. The second-order valence-electron chi connectivity index (χ2n) is 7.27. The minimum absolute atomic E-state index is 0. The number of unbranched alkanes of at least 4 members (excludes halogenated alkanes) is 5. The summed E-state index contributed by atoms with van der Waals surface area (Å²) < 4.78 is 11.2. The van der Waals surface area contributed by atoms with E-state index >= 15 is 0 Å². The number of aliphatic hydroxyl groups is 1. The molecule has 0 bridgehead atoms. The van der Waals surface area contributed by atoms with Gasteiger partial charge >= 0.3 is 29.6 Å². The third kappa shape index (κ3) is 12.4. The number of carbonyl (C=O) groups excluding carboxylic acids is 1. The molecule has 0 aromatic carbocycles. The Morgan fingerprint density at radius 2 is 1.92 bits per heavy atom. The first kappa shape index (κ1) is 27.0. The van der Waals surface area contributed by atoms with E-state index in [1.165, 1.54) is 6.66 Å². The van der Waals surface area contributed by atoms with Crippen molar-refractivity contribution in [3.8, 4) is 0 Å². The van der Waals surface area contributed by atoms with E-state index in [1.54, 1.807) is 11.8 Å². The van der Waals surface area contributed by atoms with E-state index in [0.717, 1.165) is 57.8 Å². The molecule has 5 nitrogen and oxygen atoms in total. The number of thioether (sulfide) groups is 1. The Kier molecular flexibility index (Phi) is 15.5. The maximum absolute atomic E-state index is 12.1. The molecule has 26 heavy (non-hydrogen) atoms. The number of carbonyl (C=O) groups is 1. The molecular formula is C18H37NNaO4PS. The van der Waals surface area contributed by atoms with Crippen molar-refractivity contribution in [2.45, 2.75) is 82.6 Å². The number of hydrogen-bond donors (Lipinski definition) is 2. The molecule has 0 aromatic rings. The van der Waals surface area contributed by atoms with Crippen LogP contribution in [0.4, 0.5) is 0 Å². The van der Waals surface area contributed by atoms with Crippen LogP contribution in [-0.4, -0.2) is 57.4 Å². The number of aliphatic hydroxyl groups excluding tert-OH is 1. The number of amides is 1. The van der Waals surface area contributed by atoms with Crippen molar-refractivity contribution >= 4 is 25.0 Å². The molecule has 150 valence electrons. The molecule has 0 spiro atoms. The predicted molar refractivity (Wildman–Crippen MR) is 108 cm³/mol. The number of nitrogens with zero attached hydrogens (tertiary/aromatic N) is 1. The zero-order chi connectivity index (χ0) is 18.7. The number of hydrogen-bond acceptors (Lipinski definition) is 4. The van der Waals surface area contributed by atoms with Gasteiger partial charge < -0.3 is 16.3 Å². The largest absolute Gasteiger partial charge is 1.00 e. The average molecular weight is 418 g/mol. The van der Waals surface area contributed by atoms with Crippen LogP contribution in [-0.2, 0) is 9.36 Å². The van der Waals surface area contributed by atoms with Crippen molar-refractivity contribution in [3.05, 3.63) is 0 Å². The monoisotopic (exact) mass is 417 g/mol. The van der Waals surface area contributed by atoms with Gasteiger partial charge in [-0.3, -0.25) is 9.36 Å². The van der Waals surface area contributed by atoms with Gasteiger partial charge in [0, 0.05) is 19.4 Å². The first-order chi connectivity index (χ1) is 11.8. The van der Waals surface area contributed by atoms with Crippen molar-refractivity contribution in [2.75, 3.05) is 25.1 Å². The van der Waals surface area contributed by atoms with Crippen LogP contribution in [0.25, 0.3) is 0 Å². The summed E-state index contributed by atoms with van der Waals surface area (Å²) in [5, 5.41) is 10.3. The van der Waals surface area contributed by atoms with Gasteiger partial charge in [-0.2, -0.15) is 0 Å². The van der Waals surface area contributed by atoms with E-state index in [-0.39, 0.29) is 48.4 Å². The van der Waals surface area contributed by atoms with Crippen molar-refractivity contribution in [2.24, 2.45) is 0 Å². The molecule has 8 heteroatoms. The van der Waals surface area contributed by atoms with Gasteiger partial charge in [-0.15, -0.1) is 11.8 Å². The fourth-order valence-corrected chi connectivity index (χ4v) is 5.20. The van der Waals surface area contributed by atoms with Gasteiger partial charge in [-0.1, -0.05) is 45.4 Å². The van der Waals surface area contributed by atoms with Gasteiger partial charge in [0.25, 0.3) is 0 Å². The van der Waals surface area contributed by atoms with Crippen LogP contribution in [0.5, 0.6) is 0 Å². The van der Waals surface area contributed by atoms with Gasteiger partial charge in [0.05, 0.1) is 17.2 Å². The molecule has 1 aliphatic rings. The quantitative estimate of drug-likeness (QED) is 0.252. The van der Waals surface area contributed by atoms with Gasteiger partial charge in [0.15, 0.2) is 7.37 Å². The third-order valence-electron chi connectivity index (χ3n) is 4.69. The van der Waals surface area contributed by atoms with Crippen LogP contribution in [0, 0.1) is 0 Å². The molecular weight excluding hydrogens is 380 g/mol.